The van der Waals surface area contributed by atoms with Crippen molar-refractivity contribution in [2.24, 2.45) is 0 Å². The molecule has 96 valence electrons. The summed E-state index contributed by atoms with van der Waals surface area (Å²) in [7, 11) is 0. The summed E-state index contributed by atoms with van der Waals surface area (Å²) < 4.78 is 0. The fourth-order valence-corrected chi connectivity index (χ4v) is 2.73. The van der Waals surface area contributed by atoms with Crippen LogP contribution in [-0.2, 0) is 0 Å². The molecule has 1 aliphatic heterocycles. The fourth-order valence-electron chi connectivity index (χ4n) is 2.73. The molecule has 0 bridgehead atoms. The number of carbonyl (C=O) groups is 1. The van der Waals surface area contributed by atoms with Gasteiger partial charge < -0.3 is 5.32 Å². The molecule has 1 aliphatic carbocycles. The standard InChI is InChI=1S/C15H20N2O/c1-11-3-2-4-12(9-11)15(18)16-13-7-8-17(10-13)14-5-6-14/h2-4,9,13-14H,5-8,10H2,1H3,(H,16,18). The van der Waals surface area contributed by atoms with Gasteiger partial charge in [0.1, 0.15) is 0 Å². The predicted molar refractivity (Wildman–Crippen MR) is 71.6 cm³/mol. The van der Waals surface area contributed by atoms with Crippen LogP contribution in [0.25, 0.3) is 0 Å². The molecule has 3 rings (SSSR count). The molecule has 0 aromatic heterocycles. The van der Waals surface area contributed by atoms with Crippen LogP contribution < -0.4 is 5.32 Å². The van der Waals surface area contributed by atoms with E-state index in [1.54, 1.807) is 0 Å². The van der Waals surface area contributed by atoms with Crippen molar-refractivity contribution in [3.05, 3.63) is 35.4 Å². The van der Waals surface area contributed by atoms with E-state index in [1.165, 1.54) is 12.8 Å². The number of nitrogens with one attached hydrogen (secondary N) is 1. The minimum atomic E-state index is 0.0707. The summed E-state index contributed by atoms with van der Waals surface area (Å²) in [5.74, 6) is 0.0707. The molecular formula is C15H20N2O. The van der Waals surface area contributed by atoms with Crippen LogP contribution in [0.3, 0.4) is 0 Å². The quantitative estimate of drug-likeness (QED) is 0.881. The summed E-state index contributed by atoms with van der Waals surface area (Å²) in [5.41, 5.74) is 1.91. The van der Waals surface area contributed by atoms with E-state index in [0.717, 1.165) is 36.7 Å². The molecule has 2 fully saturated rings. The maximum absolute atomic E-state index is 12.1. The van der Waals surface area contributed by atoms with E-state index >= 15 is 0 Å². The van der Waals surface area contributed by atoms with Gasteiger partial charge >= 0.3 is 0 Å². The Morgan fingerprint density at radius 3 is 2.89 bits per heavy atom. The minimum absolute atomic E-state index is 0.0707. The number of aryl methyl sites for hydroxylation is 1. The second-order valence-electron chi connectivity index (χ2n) is 5.55. The van der Waals surface area contributed by atoms with E-state index in [2.05, 4.69) is 10.2 Å². The second-order valence-corrected chi connectivity index (χ2v) is 5.55. The van der Waals surface area contributed by atoms with Crippen molar-refractivity contribution in [1.82, 2.24) is 10.2 Å². The van der Waals surface area contributed by atoms with Gasteiger partial charge in [0.05, 0.1) is 0 Å². The molecule has 2 aliphatic rings. The molecule has 1 aromatic rings. The van der Waals surface area contributed by atoms with E-state index < -0.39 is 0 Å². The van der Waals surface area contributed by atoms with Crippen molar-refractivity contribution in [2.75, 3.05) is 13.1 Å². The lowest BCUT2D eigenvalue weighted by molar-refractivity contribution is 0.0937. The molecule has 1 unspecified atom stereocenters. The summed E-state index contributed by atoms with van der Waals surface area (Å²) in [6.45, 7) is 4.19. The Morgan fingerprint density at radius 2 is 2.17 bits per heavy atom. The van der Waals surface area contributed by atoms with Gasteiger partial charge in [0.25, 0.3) is 5.91 Å². The molecule has 1 atom stereocenters. The van der Waals surface area contributed by atoms with Crippen molar-refractivity contribution in [2.45, 2.75) is 38.3 Å². The van der Waals surface area contributed by atoms with Gasteiger partial charge in [-0.2, -0.15) is 0 Å². The third-order valence-electron chi connectivity index (χ3n) is 3.90. The lowest BCUT2D eigenvalue weighted by Crippen LogP contribution is -2.37. The highest BCUT2D eigenvalue weighted by atomic mass is 16.1. The molecule has 3 heteroatoms. The Labute approximate surface area is 108 Å². The van der Waals surface area contributed by atoms with Crippen molar-refractivity contribution in [1.29, 1.82) is 0 Å². The molecule has 1 N–H and O–H groups in total. The Hall–Kier alpha value is -1.35. The fraction of sp³-hybridized carbons (Fsp3) is 0.533. The van der Waals surface area contributed by atoms with Gasteiger partial charge in [-0.25, -0.2) is 0 Å². The van der Waals surface area contributed by atoms with Crippen LogP contribution >= 0.6 is 0 Å². The van der Waals surface area contributed by atoms with Gasteiger partial charge in [0.2, 0.25) is 0 Å². The molecular weight excluding hydrogens is 224 g/mol. The van der Waals surface area contributed by atoms with Crippen molar-refractivity contribution >= 4 is 5.91 Å². The van der Waals surface area contributed by atoms with Crippen LogP contribution in [-0.4, -0.2) is 36.0 Å². The average Bonchev–Trinajstić information content (AvgIpc) is 3.11. The monoisotopic (exact) mass is 244 g/mol. The highest BCUT2D eigenvalue weighted by Crippen LogP contribution is 2.29. The SMILES string of the molecule is Cc1cccc(C(=O)NC2CCN(C3CC3)C2)c1. The molecule has 0 spiro atoms. The number of benzene rings is 1. The van der Waals surface area contributed by atoms with Crippen LogP contribution in [0.4, 0.5) is 0 Å². The van der Waals surface area contributed by atoms with E-state index in [0.29, 0.717) is 6.04 Å². The first-order valence-corrected chi connectivity index (χ1v) is 6.84. The molecule has 1 heterocycles. The van der Waals surface area contributed by atoms with E-state index in [-0.39, 0.29) is 5.91 Å². The predicted octanol–water partition coefficient (Wildman–Crippen LogP) is 1.96. The lowest BCUT2D eigenvalue weighted by Gasteiger charge is -2.15. The first-order valence-electron chi connectivity index (χ1n) is 6.84. The largest absolute Gasteiger partial charge is 0.348 e. The summed E-state index contributed by atoms with van der Waals surface area (Å²) >= 11 is 0. The second kappa shape index (κ2) is 4.73. The average molecular weight is 244 g/mol. The third kappa shape index (κ3) is 2.56. The first-order chi connectivity index (χ1) is 8.72. The Bertz CT molecular complexity index is 454. The van der Waals surface area contributed by atoms with Gasteiger partial charge in [0, 0.05) is 30.7 Å². The maximum atomic E-state index is 12.1. The highest BCUT2D eigenvalue weighted by molar-refractivity contribution is 5.94. The number of nitrogens with zero attached hydrogens (tertiary/aromatic N) is 1. The molecule has 1 saturated carbocycles. The summed E-state index contributed by atoms with van der Waals surface area (Å²) in [6, 6.07) is 8.93. The maximum Gasteiger partial charge on any atom is 0.251 e. The first kappa shape index (κ1) is 11.7. The van der Waals surface area contributed by atoms with Crippen LogP contribution in [0.15, 0.2) is 24.3 Å². The van der Waals surface area contributed by atoms with Gasteiger partial charge in [0.15, 0.2) is 0 Å². The zero-order chi connectivity index (χ0) is 12.5. The third-order valence-corrected chi connectivity index (χ3v) is 3.90. The molecule has 18 heavy (non-hydrogen) atoms. The van der Waals surface area contributed by atoms with Crippen LogP contribution in [0.2, 0.25) is 0 Å². The normalized spacial score (nSPS) is 24.2. The Kier molecular flexibility index (Phi) is 3.08. The molecule has 1 aromatic carbocycles. The number of hydrogen-bond donors (Lipinski definition) is 1. The van der Waals surface area contributed by atoms with Gasteiger partial charge in [-0.1, -0.05) is 17.7 Å². The molecule has 3 nitrogen and oxygen atoms in total. The molecule has 1 saturated heterocycles. The topological polar surface area (TPSA) is 32.3 Å². The molecule has 1 amide bonds. The van der Waals surface area contributed by atoms with E-state index in [4.69, 9.17) is 0 Å². The zero-order valence-corrected chi connectivity index (χ0v) is 10.9. The van der Waals surface area contributed by atoms with Gasteiger partial charge in [-0.15, -0.1) is 0 Å². The van der Waals surface area contributed by atoms with E-state index in [1.807, 2.05) is 31.2 Å². The Morgan fingerprint density at radius 1 is 1.33 bits per heavy atom. The zero-order valence-electron chi connectivity index (χ0n) is 10.9. The van der Waals surface area contributed by atoms with E-state index in [9.17, 15) is 4.79 Å². The smallest absolute Gasteiger partial charge is 0.251 e. The summed E-state index contributed by atoms with van der Waals surface area (Å²) in [4.78, 5) is 14.6. The highest BCUT2D eigenvalue weighted by Gasteiger charge is 2.34. The van der Waals surface area contributed by atoms with Crippen LogP contribution in [0.1, 0.15) is 35.2 Å². The number of likely N-dealkylation sites (tertiary alicyclic amines) is 1. The Balaban J connectivity index is 1.58. The van der Waals surface area contributed by atoms with Gasteiger partial charge in [-0.05, 0) is 38.3 Å². The van der Waals surface area contributed by atoms with Crippen molar-refractivity contribution < 1.29 is 4.79 Å². The number of carbonyl (C=O) groups excluding carboxylic acids is 1. The van der Waals surface area contributed by atoms with Crippen LogP contribution in [0.5, 0.6) is 0 Å². The van der Waals surface area contributed by atoms with Crippen LogP contribution in [0, 0.1) is 6.92 Å². The molecule has 0 radical (unpaired) electrons. The number of rotatable bonds is 3. The lowest BCUT2D eigenvalue weighted by atomic mass is 10.1. The summed E-state index contributed by atoms with van der Waals surface area (Å²) in [6.07, 6.45) is 3.78. The number of hydrogen-bond acceptors (Lipinski definition) is 2. The minimum Gasteiger partial charge on any atom is -0.348 e. The number of amides is 1. The van der Waals surface area contributed by atoms with Crippen molar-refractivity contribution in [3.63, 3.8) is 0 Å². The van der Waals surface area contributed by atoms with Crippen molar-refractivity contribution in [3.8, 4) is 0 Å². The van der Waals surface area contributed by atoms with Gasteiger partial charge in [-0.3, -0.25) is 9.69 Å². The summed E-state index contributed by atoms with van der Waals surface area (Å²) in [5, 5.41) is 3.15.